The van der Waals surface area contributed by atoms with E-state index >= 15 is 4.79 Å². The van der Waals surface area contributed by atoms with Crippen molar-refractivity contribution >= 4 is 17.5 Å². The molecule has 0 bridgehead atoms. The fourth-order valence-corrected chi connectivity index (χ4v) is 11.8. The number of unbranched alkanes of at least 4 members (excludes halogenated alkanes) is 11. The van der Waals surface area contributed by atoms with Crippen LogP contribution in [0.2, 0.25) is 0 Å². The summed E-state index contributed by atoms with van der Waals surface area (Å²) in [6.45, 7) is 9.16. The molecule has 0 spiro atoms. The Hall–Kier alpha value is -6.49. The van der Waals surface area contributed by atoms with Crippen LogP contribution in [0, 0.1) is 34.8 Å². The Kier molecular flexibility index (Phi) is 21.4. The SMILES string of the molecule is C=CCOC12Oc3ccc(OCc4cccc(C)n4)cc3C3C(CCCCO)C(CCCCO)C=C(C(=NOCc4ccc([N+](=O)[O-])cc4)CC1N(Cc1ccc4c(c1)OCO4)C(=O)OCCCCCCCCCCCC)C32. The number of ether oxygens (including phenoxy) is 6. The smallest absolute Gasteiger partial charge is 0.410 e. The summed E-state index contributed by atoms with van der Waals surface area (Å²) in [5, 5.41) is 36.8. The summed E-state index contributed by atoms with van der Waals surface area (Å²) in [6.07, 6.45) is 19.2. The summed E-state index contributed by atoms with van der Waals surface area (Å²) in [6, 6.07) is 22.7. The van der Waals surface area contributed by atoms with Crippen LogP contribution in [-0.2, 0) is 34.1 Å². The van der Waals surface area contributed by atoms with Crippen LogP contribution >= 0.6 is 0 Å². The van der Waals surface area contributed by atoms with Gasteiger partial charge in [0, 0.05) is 55.5 Å². The van der Waals surface area contributed by atoms with Crippen LogP contribution in [0.15, 0.2) is 108 Å². The number of aromatic nitrogens is 1. The first-order chi connectivity index (χ1) is 38.2. The highest BCUT2D eigenvalue weighted by atomic mass is 16.7. The van der Waals surface area contributed by atoms with Gasteiger partial charge in [-0.05, 0) is 122 Å². The summed E-state index contributed by atoms with van der Waals surface area (Å²) in [5.41, 5.74) is 5.48. The number of carbonyl (C=O) groups is 1. The normalized spacial score (nSPS) is 21.2. The van der Waals surface area contributed by atoms with Crippen LogP contribution in [0.4, 0.5) is 10.5 Å². The van der Waals surface area contributed by atoms with E-state index in [-0.39, 0.29) is 82.8 Å². The van der Waals surface area contributed by atoms with E-state index in [1.54, 1.807) is 23.1 Å². The number of nitro groups is 1. The molecule has 4 aromatic rings. The van der Waals surface area contributed by atoms with E-state index < -0.39 is 28.8 Å². The van der Waals surface area contributed by atoms with Crippen molar-refractivity contribution in [2.75, 3.05) is 33.2 Å². The molecule has 3 aromatic carbocycles. The number of amides is 1. The van der Waals surface area contributed by atoms with Crippen LogP contribution in [0.25, 0.3) is 0 Å². The summed E-state index contributed by atoms with van der Waals surface area (Å²) in [4.78, 5) is 39.1. The molecule has 0 radical (unpaired) electrons. The lowest BCUT2D eigenvalue weighted by Crippen LogP contribution is -2.70. The minimum absolute atomic E-state index is 0.0113. The number of hydrogen-bond acceptors (Lipinski definition) is 14. The van der Waals surface area contributed by atoms with Gasteiger partial charge in [-0.1, -0.05) is 107 Å². The Balaban J connectivity index is 1.23. The molecule has 4 aliphatic rings. The van der Waals surface area contributed by atoms with Gasteiger partial charge in [-0.2, -0.15) is 0 Å². The minimum atomic E-state index is -1.55. The topological polar surface area (TPSA) is 194 Å². The molecule has 6 unspecified atom stereocenters. The zero-order chi connectivity index (χ0) is 54.7. The van der Waals surface area contributed by atoms with Crippen molar-refractivity contribution in [3.8, 4) is 23.0 Å². The first-order valence-electron chi connectivity index (χ1n) is 28.5. The lowest BCUT2D eigenvalue weighted by atomic mass is 9.55. The maximum Gasteiger partial charge on any atom is 0.410 e. The maximum atomic E-state index is 15.3. The van der Waals surface area contributed by atoms with Crippen molar-refractivity contribution < 1.29 is 53.2 Å². The van der Waals surface area contributed by atoms with Crippen LogP contribution in [0.3, 0.4) is 0 Å². The number of fused-ring (bicyclic) bond motifs is 3. The molecule has 0 saturated heterocycles. The van der Waals surface area contributed by atoms with Gasteiger partial charge < -0.3 is 43.5 Å². The van der Waals surface area contributed by atoms with Gasteiger partial charge in [-0.15, -0.1) is 6.58 Å². The molecule has 2 aliphatic carbocycles. The second kappa shape index (κ2) is 28.9. The van der Waals surface area contributed by atoms with Gasteiger partial charge in [0.1, 0.15) is 30.8 Å². The van der Waals surface area contributed by atoms with E-state index in [9.17, 15) is 20.3 Å². The van der Waals surface area contributed by atoms with Gasteiger partial charge in [0.05, 0.1) is 35.5 Å². The van der Waals surface area contributed by atoms with Crippen molar-refractivity contribution in [1.82, 2.24) is 9.88 Å². The molecule has 2 aliphatic heterocycles. The number of carbonyl (C=O) groups excluding carboxylic acids is 1. The molecule has 16 heteroatoms. The number of non-ortho nitro benzene ring substituents is 1. The van der Waals surface area contributed by atoms with E-state index in [0.29, 0.717) is 53.5 Å². The number of nitrogens with zero attached hydrogens (tertiary/aromatic N) is 4. The largest absolute Gasteiger partial charge is 0.487 e. The lowest BCUT2D eigenvalue weighted by molar-refractivity contribution is -0.384. The van der Waals surface area contributed by atoms with Crippen molar-refractivity contribution in [2.24, 2.45) is 22.9 Å². The Labute approximate surface area is 459 Å². The molecule has 1 saturated carbocycles. The van der Waals surface area contributed by atoms with Crippen molar-refractivity contribution in [3.63, 3.8) is 0 Å². The number of rotatable bonds is 32. The monoisotopic (exact) mass is 1070 g/mol. The number of oxime groups is 1. The average molecular weight is 1070 g/mol. The molecule has 3 heterocycles. The predicted molar refractivity (Wildman–Crippen MR) is 297 cm³/mol. The standard InChI is InChI=1S/C62H80N4O12/c1-4-6-7-8-9-10-11-12-13-18-35-72-61(69)65(40-46-26-30-56-57(36-46)75-43-74-56)58-39-54(64-77-41-45-24-27-49(28-25-45)66(70)71)52-37-47(21-14-16-32-67)51(23-15-17-33-68)59-53-38-50(73-42-48-22-19-20-44(3)63-48)29-31-55(53)78-62(58,60(52)59)76-34-5-2/h5,19-20,22,24-31,36-38,47,51,58-60,67-68H,2,4,6-18,21,23,32-35,39-43H2,1,3H3. The van der Waals surface area contributed by atoms with Crippen molar-refractivity contribution in [2.45, 2.75) is 161 Å². The Bertz CT molecular complexity index is 2660. The second-order valence-electron chi connectivity index (χ2n) is 21.1. The van der Waals surface area contributed by atoms with Crippen LogP contribution in [0.1, 0.15) is 150 Å². The first-order valence-corrected chi connectivity index (χ1v) is 28.5. The average Bonchev–Trinajstić information content (AvgIpc) is 3.40. The molecule has 1 aromatic heterocycles. The molecule has 8 rings (SSSR count). The minimum Gasteiger partial charge on any atom is -0.487 e. The van der Waals surface area contributed by atoms with E-state index in [1.165, 1.54) is 50.7 Å². The maximum absolute atomic E-state index is 15.3. The van der Waals surface area contributed by atoms with Gasteiger partial charge in [0.25, 0.3) is 5.69 Å². The van der Waals surface area contributed by atoms with Crippen molar-refractivity contribution in [3.05, 3.63) is 141 Å². The van der Waals surface area contributed by atoms with E-state index in [1.807, 2.05) is 55.5 Å². The van der Waals surface area contributed by atoms with E-state index in [2.05, 4.69) is 30.6 Å². The molecule has 6 atom stereocenters. The number of aliphatic hydroxyl groups excluding tert-OH is 2. The summed E-state index contributed by atoms with van der Waals surface area (Å²) in [7, 11) is 0. The zero-order valence-corrected chi connectivity index (χ0v) is 45.7. The van der Waals surface area contributed by atoms with Crippen molar-refractivity contribution in [1.29, 1.82) is 0 Å². The molecule has 16 nitrogen and oxygen atoms in total. The summed E-state index contributed by atoms with van der Waals surface area (Å²) in [5.74, 6) is -0.0919. The predicted octanol–water partition coefficient (Wildman–Crippen LogP) is 13.0. The fourth-order valence-electron chi connectivity index (χ4n) is 11.8. The van der Waals surface area contributed by atoms with E-state index in [4.69, 9.17) is 38.4 Å². The molecule has 2 N–H and O–H groups in total. The van der Waals surface area contributed by atoms with Crippen LogP contribution in [0.5, 0.6) is 23.0 Å². The zero-order valence-electron chi connectivity index (χ0n) is 45.7. The Morgan fingerprint density at radius 3 is 2.31 bits per heavy atom. The number of pyridine rings is 1. The molecule has 420 valence electrons. The Morgan fingerprint density at radius 1 is 0.859 bits per heavy atom. The van der Waals surface area contributed by atoms with Gasteiger partial charge >= 0.3 is 6.09 Å². The number of hydrogen-bond donors (Lipinski definition) is 2. The van der Waals surface area contributed by atoms with Gasteiger partial charge in [-0.3, -0.25) is 20.0 Å². The highest BCUT2D eigenvalue weighted by Gasteiger charge is 2.66. The third-order valence-corrected chi connectivity index (χ3v) is 15.7. The quantitative estimate of drug-likeness (QED) is 0.0203. The van der Waals surface area contributed by atoms with Gasteiger partial charge in [-0.25, -0.2) is 4.79 Å². The first kappa shape index (κ1) is 57.7. The lowest BCUT2D eigenvalue weighted by Gasteiger charge is -2.59. The molecular formula is C62H80N4O12. The Morgan fingerprint density at radius 2 is 1.58 bits per heavy atom. The molecule has 78 heavy (non-hydrogen) atoms. The van der Waals surface area contributed by atoms with Crippen LogP contribution in [-0.4, -0.2) is 81.9 Å². The third-order valence-electron chi connectivity index (χ3n) is 15.7. The fraction of sp³-hybridized carbons (Fsp3) is 0.532. The second-order valence-corrected chi connectivity index (χ2v) is 21.1. The molecule has 1 fully saturated rings. The highest BCUT2D eigenvalue weighted by molar-refractivity contribution is 6.03. The number of nitro benzene ring substituents is 1. The van der Waals surface area contributed by atoms with Crippen LogP contribution < -0.4 is 18.9 Å². The van der Waals surface area contributed by atoms with Gasteiger partial charge in [0.2, 0.25) is 12.6 Å². The van der Waals surface area contributed by atoms with E-state index in [0.717, 1.165) is 73.0 Å². The molecular weight excluding hydrogens is 993 g/mol. The summed E-state index contributed by atoms with van der Waals surface area (Å²) < 4.78 is 39.2. The highest BCUT2D eigenvalue weighted by Crippen LogP contribution is 2.62. The number of benzene rings is 3. The number of aliphatic hydroxyl groups is 2. The third kappa shape index (κ3) is 14.6. The molecule has 1 amide bonds. The number of aryl methyl sites for hydroxylation is 1. The van der Waals surface area contributed by atoms with Gasteiger partial charge in [0.15, 0.2) is 11.5 Å². The number of allylic oxidation sites excluding steroid dienone is 1. The summed E-state index contributed by atoms with van der Waals surface area (Å²) >= 11 is 0.